The van der Waals surface area contributed by atoms with E-state index in [0.717, 1.165) is 21.2 Å². The maximum absolute atomic E-state index is 10.5. The van der Waals surface area contributed by atoms with Crippen LogP contribution >= 0.6 is 0 Å². The van der Waals surface area contributed by atoms with Gasteiger partial charge in [-0.05, 0) is 24.3 Å². The molecule has 0 fully saturated rings. The Morgan fingerprint density at radius 2 is 0.919 bits per heavy atom. The van der Waals surface area contributed by atoms with Gasteiger partial charge in [0.25, 0.3) is 11.4 Å². The van der Waals surface area contributed by atoms with Crippen LogP contribution < -0.4 is 115 Å². The van der Waals surface area contributed by atoms with E-state index in [1.165, 1.54) is 0 Å². The Morgan fingerprint density at radius 1 is 0.703 bits per heavy atom. The van der Waals surface area contributed by atoms with Gasteiger partial charge in [-0.1, -0.05) is 0 Å². The second-order valence-electron chi connectivity index (χ2n) is 5.83. The normalized spacial score (nSPS) is 8.68. The minimum Gasteiger partial charge on any atom is -0.549 e. The Morgan fingerprint density at radius 3 is 1.11 bits per heavy atom. The number of nitrogens with two attached hydrogens (primary N) is 2. The van der Waals surface area contributed by atoms with E-state index in [-0.39, 0.29) is 113 Å². The van der Waals surface area contributed by atoms with Gasteiger partial charge in [0.15, 0.2) is 0 Å². The largest absolute Gasteiger partial charge is 1.00 e. The standard InChI is InChI=1S/C10H16N2O8.C6H8N2.3Na.H2O3S.2H2O/c13-7(14)3-11(4-8(15)16)1-2-12(5-9(17)18)6-10(19)20;7-5-1-2-6(8)4-3-5;;;;1-4(2)3;;/h1-6H2,(H,13,14)(H,15,16)(H,17,18)(H,19,20);1-4H,7-8H2;;;;(H2,1,2,3);2*1H2/q;;3*+1;;;/p-3. The summed E-state index contributed by atoms with van der Waals surface area (Å²) in [6.45, 7) is -3.00. The first-order valence-corrected chi connectivity index (χ1v) is 9.46. The molecule has 0 amide bonds. The Balaban J connectivity index is -0.0000000891. The fourth-order valence-corrected chi connectivity index (χ4v) is 1.95. The second-order valence-corrected chi connectivity index (χ2v) is 6.29. The Bertz CT molecular complexity index is 686. The van der Waals surface area contributed by atoms with Crippen molar-refractivity contribution in [2.75, 3.05) is 50.7 Å². The van der Waals surface area contributed by atoms with E-state index < -0.39 is 61.4 Å². The summed E-state index contributed by atoms with van der Waals surface area (Å²) < 4.78 is 22.8. The number of carbonyl (C=O) groups excluding carboxylic acids is 3. The first kappa shape index (κ1) is 53.0. The quantitative estimate of drug-likeness (QED) is 0.0915. The van der Waals surface area contributed by atoms with Crippen LogP contribution in [-0.4, -0.2) is 102 Å². The number of nitrogen functional groups attached to an aromatic ring is 2. The molecule has 0 heterocycles. The summed E-state index contributed by atoms with van der Waals surface area (Å²) in [5, 5.41) is 39.8. The number of rotatable bonds is 11. The second kappa shape index (κ2) is 31.8. The first-order valence-electron chi connectivity index (χ1n) is 8.39. The van der Waals surface area contributed by atoms with Crippen molar-refractivity contribution in [2.45, 2.75) is 0 Å². The number of carboxylic acid groups (broad SMARTS) is 4. The minimum atomic E-state index is -2.61. The fourth-order valence-electron chi connectivity index (χ4n) is 1.95. The molecule has 1 aromatic rings. The van der Waals surface area contributed by atoms with Crippen LogP contribution in [0.1, 0.15) is 0 Å². The van der Waals surface area contributed by atoms with Crippen molar-refractivity contribution in [3.05, 3.63) is 24.3 Å². The molecule has 0 saturated heterocycles. The van der Waals surface area contributed by atoms with E-state index >= 15 is 0 Å². The molecule has 0 atom stereocenters. The van der Waals surface area contributed by atoms with Gasteiger partial charge in [-0.25, -0.2) is 0 Å². The Labute approximate surface area is 281 Å². The third-order valence-corrected chi connectivity index (χ3v) is 3.09. The molecule has 11 N–H and O–H groups in total. The van der Waals surface area contributed by atoms with E-state index in [4.69, 9.17) is 29.9 Å². The molecule has 0 unspecified atom stereocenters. The number of benzene rings is 1. The van der Waals surface area contributed by atoms with Crippen molar-refractivity contribution in [1.29, 1.82) is 0 Å². The van der Waals surface area contributed by atoms with Crippen molar-refractivity contribution in [2.24, 2.45) is 0 Å². The van der Waals surface area contributed by atoms with Crippen LogP contribution in [-0.2, 0) is 30.5 Å². The average molecular weight is 584 g/mol. The van der Waals surface area contributed by atoms with Gasteiger partial charge in [0.05, 0.1) is 24.5 Å². The van der Waals surface area contributed by atoms with Gasteiger partial charge in [-0.2, -0.15) is 4.21 Å². The molecule has 0 bridgehead atoms. The van der Waals surface area contributed by atoms with Gasteiger partial charge < -0.3 is 57.2 Å². The van der Waals surface area contributed by atoms with Gasteiger partial charge >= 0.3 is 94.6 Å². The summed E-state index contributed by atoms with van der Waals surface area (Å²) in [7, 11) is 0. The summed E-state index contributed by atoms with van der Waals surface area (Å²) in [4.78, 5) is 43.7. The number of aliphatic carboxylic acids is 4. The zero-order valence-corrected chi connectivity index (χ0v) is 27.4. The SMILES string of the molecule is Nc1ccc(N)cc1.O.O.O=C([O-])CN(CCN(CC(=O)[O-])CC(=O)O)CC(=O)[O-].O=S(O)O.[Na+].[Na+].[Na+]. The van der Waals surface area contributed by atoms with Crippen LogP contribution in [0, 0.1) is 0 Å². The predicted molar refractivity (Wildman–Crippen MR) is 111 cm³/mol. The zero-order valence-electron chi connectivity index (χ0n) is 20.6. The molecule has 0 radical (unpaired) electrons. The zero-order chi connectivity index (χ0) is 25.3. The number of carbonyl (C=O) groups is 4. The molecule has 198 valence electrons. The smallest absolute Gasteiger partial charge is 0.549 e. The number of nitrogens with zero attached hydrogens (tertiary/aromatic N) is 2. The fraction of sp³-hybridized carbons (Fsp3) is 0.375. The molecular weight excluding hydrogens is 557 g/mol. The number of hydrogen-bond donors (Lipinski definition) is 5. The van der Waals surface area contributed by atoms with Gasteiger partial charge in [-0.3, -0.25) is 23.7 Å². The van der Waals surface area contributed by atoms with E-state index in [1.54, 1.807) is 24.3 Å². The predicted octanol–water partition coefficient (Wildman–Crippen LogP) is -16.2. The average Bonchev–Trinajstić information content (AvgIpc) is 2.60. The molecule has 0 aliphatic carbocycles. The number of hydrogen-bond acceptors (Lipinski definition) is 12. The van der Waals surface area contributed by atoms with E-state index in [2.05, 4.69) is 0 Å². The van der Waals surface area contributed by atoms with Crippen molar-refractivity contribution < 1.29 is 153 Å². The molecule has 0 aliphatic heterocycles. The molecule has 1 rings (SSSR count). The van der Waals surface area contributed by atoms with E-state index in [1.807, 2.05) is 0 Å². The van der Waals surface area contributed by atoms with Gasteiger partial charge in [0.2, 0.25) is 0 Å². The first-order chi connectivity index (χ1) is 14.7. The molecule has 37 heavy (non-hydrogen) atoms. The van der Waals surface area contributed by atoms with Gasteiger partial charge in [0.1, 0.15) is 0 Å². The minimum absolute atomic E-state index is 0. The summed E-state index contributed by atoms with van der Waals surface area (Å²) in [6.07, 6.45) is 0. The van der Waals surface area contributed by atoms with Crippen molar-refractivity contribution in [1.82, 2.24) is 9.80 Å². The van der Waals surface area contributed by atoms with Gasteiger partial charge in [-0.15, -0.1) is 0 Å². The van der Waals surface area contributed by atoms with Crippen LogP contribution in [0.5, 0.6) is 0 Å². The number of carboxylic acids is 4. The third kappa shape index (κ3) is 42.9. The number of anilines is 2. The summed E-state index contributed by atoms with van der Waals surface area (Å²) in [5.41, 5.74) is 12.2. The molecule has 1 aromatic carbocycles. The van der Waals surface area contributed by atoms with Crippen LogP contribution in [0.3, 0.4) is 0 Å². The maximum Gasteiger partial charge on any atom is 1.00 e. The monoisotopic (exact) mass is 584 g/mol. The summed E-state index contributed by atoms with van der Waals surface area (Å²) in [6, 6.07) is 7.09. The van der Waals surface area contributed by atoms with Crippen LogP contribution in [0.2, 0.25) is 0 Å². The van der Waals surface area contributed by atoms with Crippen molar-refractivity contribution in [3.63, 3.8) is 0 Å². The third-order valence-electron chi connectivity index (χ3n) is 3.09. The van der Waals surface area contributed by atoms with E-state index in [9.17, 15) is 34.5 Å². The van der Waals surface area contributed by atoms with Crippen molar-refractivity contribution in [3.8, 4) is 0 Å². The Hall–Kier alpha value is -0.390. The van der Waals surface area contributed by atoms with E-state index in [0.29, 0.717) is 0 Å². The molecule has 0 saturated carbocycles. The molecule has 0 aromatic heterocycles. The molecule has 21 heteroatoms. The summed E-state index contributed by atoms with van der Waals surface area (Å²) in [5.74, 6) is -5.82. The van der Waals surface area contributed by atoms with Crippen molar-refractivity contribution >= 4 is 46.6 Å². The molecule has 17 nitrogen and oxygen atoms in total. The van der Waals surface area contributed by atoms with Crippen LogP contribution in [0.15, 0.2) is 24.3 Å². The maximum atomic E-state index is 10.5. The molecular formula is C16H27N4Na3O13S. The topological polar surface area (TPSA) is 337 Å². The van der Waals surface area contributed by atoms with Gasteiger partial charge in [0, 0.05) is 44.1 Å². The van der Waals surface area contributed by atoms with Crippen LogP contribution in [0.4, 0.5) is 11.4 Å². The molecule has 0 spiro atoms. The Kier molecular flexibility index (Phi) is 45.5. The van der Waals surface area contributed by atoms with Crippen LogP contribution in [0.25, 0.3) is 0 Å². The molecule has 0 aliphatic rings. The summed E-state index contributed by atoms with van der Waals surface area (Å²) >= 11 is -2.61.